The molecule has 1 heterocycles. The molecule has 1 aromatic heterocycles. The number of halogens is 1. The summed E-state index contributed by atoms with van der Waals surface area (Å²) in [5.74, 6) is -2.16. The average molecular weight is 284 g/mol. The minimum Gasteiger partial charge on any atom is -0.502 e. The Labute approximate surface area is 97.5 Å². The summed E-state index contributed by atoms with van der Waals surface area (Å²) in [7, 11) is 0. The largest absolute Gasteiger partial charge is 0.502 e. The van der Waals surface area contributed by atoms with Gasteiger partial charge in [-0.2, -0.15) is 0 Å². The van der Waals surface area contributed by atoms with Crippen molar-refractivity contribution in [2.75, 3.05) is 0 Å². The Kier molecular flexibility index (Phi) is 2.43. The number of benzene rings is 1. The zero-order valence-electron chi connectivity index (χ0n) is 7.82. The molecular formula is C10H6BrNO4. The molecule has 0 fully saturated rings. The second-order valence-corrected chi connectivity index (χ2v) is 4.00. The number of carbonyl (C=O) groups is 1. The van der Waals surface area contributed by atoms with E-state index in [1.165, 1.54) is 6.07 Å². The smallest absolute Gasteiger partial charge is 0.356 e. The summed E-state index contributed by atoms with van der Waals surface area (Å²) in [5.41, 5.74) is -0.862. The summed E-state index contributed by atoms with van der Waals surface area (Å²) in [6.45, 7) is 0. The van der Waals surface area contributed by atoms with Crippen molar-refractivity contribution in [1.29, 1.82) is 0 Å². The lowest BCUT2D eigenvalue weighted by atomic mass is 10.2. The van der Waals surface area contributed by atoms with Crippen LogP contribution in [-0.2, 0) is 0 Å². The fraction of sp³-hybridized carbons (Fsp3) is 0. The maximum Gasteiger partial charge on any atom is 0.356 e. The first-order chi connectivity index (χ1) is 7.52. The van der Waals surface area contributed by atoms with E-state index in [1.54, 1.807) is 12.1 Å². The van der Waals surface area contributed by atoms with Crippen LogP contribution in [0.2, 0.25) is 0 Å². The Balaban J connectivity index is 3.01. The van der Waals surface area contributed by atoms with E-state index in [9.17, 15) is 14.7 Å². The monoisotopic (exact) mass is 283 g/mol. The zero-order chi connectivity index (χ0) is 11.9. The molecule has 0 aliphatic rings. The van der Waals surface area contributed by atoms with Gasteiger partial charge in [0.2, 0.25) is 5.43 Å². The highest BCUT2D eigenvalue weighted by molar-refractivity contribution is 9.10. The topological polar surface area (TPSA) is 90.4 Å². The Morgan fingerprint density at radius 3 is 2.69 bits per heavy atom. The van der Waals surface area contributed by atoms with Gasteiger partial charge in [-0.15, -0.1) is 0 Å². The molecule has 2 rings (SSSR count). The number of aromatic nitrogens is 1. The predicted octanol–water partition coefficient (Wildman–Crippen LogP) is 1.69. The molecule has 16 heavy (non-hydrogen) atoms. The van der Waals surface area contributed by atoms with E-state index in [0.717, 1.165) is 0 Å². The molecule has 0 atom stereocenters. The van der Waals surface area contributed by atoms with Crippen LogP contribution in [0, 0.1) is 0 Å². The van der Waals surface area contributed by atoms with Crippen LogP contribution in [0.1, 0.15) is 10.5 Å². The van der Waals surface area contributed by atoms with Crippen LogP contribution in [-0.4, -0.2) is 21.2 Å². The zero-order valence-corrected chi connectivity index (χ0v) is 9.41. The number of aromatic hydroxyl groups is 1. The second kappa shape index (κ2) is 3.64. The van der Waals surface area contributed by atoms with Crippen molar-refractivity contribution < 1.29 is 15.0 Å². The van der Waals surface area contributed by atoms with Gasteiger partial charge >= 0.3 is 5.97 Å². The number of aromatic carboxylic acids is 1. The summed E-state index contributed by atoms with van der Waals surface area (Å²) in [6.07, 6.45) is 0. The van der Waals surface area contributed by atoms with Gasteiger partial charge in [0.1, 0.15) is 0 Å². The van der Waals surface area contributed by atoms with Crippen molar-refractivity contribution in [3.8, 4) is 5.75 Å². The first-order valence-electron chi connectivity index (χ1n) is 4.29. The van der Waals surface area contributed by atoms with Crippen molar-refractivity contribution in [3.05, 3.63) is 38.6 Å². The molecule has 0 spiro atoms. The quantitative estimate of drug-likeness (QED) is 0.743. The summed E-state index contributed by atoms with van der Waals surface area (Å²) in [6, 6.07) is 4.80. The summed E-state index contributed by atoms with van der Waals surface area (Å²) < 4.78 is 0.560. The van der Waals surface area contributed by atoms with Gasteiger partial charge in [-0.25, -0.2) is 4.79 Å². The van der Waals surface area contributed by atoms with Gasteiger partial charge in [0, 0.05) is 4.47 Å². The fourth-order valence-electron chi connectivity index (χ4n) is 1.42. The highest BCUT2D eigenvalue weighted by Crippen LogP contribution is 2.22. The molecule has 82 valence electrons. The second-order valence-electron chi connectivity index (χ2n) is 3.15. The van der Waals surface area contributed by atoms with Gasteiger partial charge < -0.3 is 15.2 Å². The Morgan fingerprint density at radius 1 is 1.38 bits per heavy atom. The van der Waals surface area contributed by atoms with E-state index in [-0.39, 0.29) is 5.39 Å². The highest BCUT2D eigenvalue weighted by atomic mass is 79.9. The number of carboxylic acid groups (broad SMARTS) is 1. The number of fused-ring (bicyclic) bond motifs is 1. The molecule has 0 saturated heterocycles. The number of hydrogen-bond acceptors (Lipinski definition) is 3. The summed E-state index contributed by atoms with van der Waals surface area (Å²) >= 11 is 3.19. The maximum atomic E-state index is 11.7. The van der Waals surface area contributed by atoms with Crippen LogP contribution in [0.3, 0.4) is 0 Å². The van der Waals surface area contributed by atoms with Crippen molar-refractivity contribution in [1.82, 2.24) is 4.98 Å². The van der Waals surface area contributed by atoms with Crippen molar-refractivity contribution in [2.45, 2.75) is 0 Å². The molecule has 5 nitrogen and oxygen atoms in total. The van der Waals surface area contributed by atoms with E-state index in [0.29, 0.717) is 9.99 Å². The predicted molar refractivity (Wildman–Crippen MR) is 60.9 cm³/mol. The van der Waals surface area contributed by atoms with E-state index >= 15 is 0 Å². The fourth-order valence-corrected chi connectivity index (χ4v) is 1.89. The van der Waals surface area contributed by atoms with Crippen molar-refractivity contribution in [2.24, 2.45) is 0 Å². The van der Waals surface area contributed by atoms with Crippen molar-refractivity contribution >= 4 is 32.8 Å². The number of para-hydroxylation sites is 1. The minimum atomic E-state index is -1.38. The van der Waals surface area contributed by atoms with Crippen molar-refractivity contribution in [3.63, 3.8) is 0 Å². The number of pyridine rings is 1. The standard InChI is InChI=1S/C10H6BrNO4/c11-5-3-1-2-4-6(5)12-7(10(15)16)9(14)8(4)13/h1-3,14H,(H,12,13)(H,15,16). The molecule has 1 aromatic carbocycles. The van der Waals surface area contributed by atoms with Crippen LogP contribution in [0.25, 0.3) is 10.9 Å². The number of aromatic amines is 1. The molecule has 2 aromatic rings. The number of hydrogen-bond donors (Lipinski definition) is 3. The third kappa shape index (κ3) is 1.47. The lowest BCUT2D eigenvalue weighted by molar-refractivity contribution is 0.0687. The average Bonchev–Trinajstić information content (AvgIpc) is 2.23. The van der Waals surface area contributed by atoms with Crippen LogP contribution in [0.4, 0.5) is 0 Å². The Bertz CT molecular complexity index is 647. The number of carboxylic acids is 1. The first kappa shape index (κ1) is 10.7. The molecule has 3 N–H and O–H groups in total. The Morgan fingerprint density at radius 2 is 2.06 bits per heavy atom. The van der Waals surface area contributed by atoms with Crippen LogP contribution in [0.5, 0.6) is 5.75 Å². The Hall–Kier alpha value is -1.82. The van der Waals surface area contributed by atoms with Gasteiger partial charge in [0.25, 0.3) is 0 Å². The first-order valence-corrected chi connectivity index (χ1v) is 5.08. The molecule has 6 heteroatoms. The highest BCUT2D eigenvalue weighted by Gasteiger charge is 2.17. The van der Waals surface area contributed by atoms with Gasteiger partial charge in [-0.1, -0.05) is 6.07 Å². The van der Waals surface area contributed by atoms with E-state index in [2.05, 4.69) is 20.9 Å². The molecule has 0 aliphatic carbocycles. The van der Waals surface area contributed by atoms with Gasteiger partial charge in [-0.05, 0) is 28.1 Å². The van der Waals surface area contributed by atoms with Crippen LogP contribution in [0.15, 0.2) is 27.5 Å². The summed E-state index contributed by atoms with van der Waals surface area (Å²) in [5, 5.41) is 18.4. The molecule has 0 radical (unpaired) electrons. The van der Waals surface area contributed by atoms with E-state index in [4.69, 9.17) is 5.11 Å². The number of nitrogens with one attached hydrogen (secondary N) is 1. The lowest BCUT2D eigenvalue weighted by Crippen LogP contribution is -2.11. The molecule has 0 aliphatic heterocycles. The third-order valence-corrected chi connectivity index (χ3v) is 2.83. The van der Waals surface area contributed by atoms with Crippen LogP contribution >= 0.6 is 15.9 Å². The van der Waals surface area contributed by atoms with Crippen LogP contribution < -0.4 is 5.43 Å². The van der Waals surface area contributed by atoms with Gasteiger partial charge in [-0.3, -0.25) is 4.79 Å². The lowest BCUT2D eigenvalue weighted by Gasteiger charge is -2.04. The SMILES string of the molecule is O=C(O)c1[nH]c2c(Br)cccc2c(=O)c1O. The number of H-pyrrole nitrogens is 1. The molecule has 0 bridgehead atoms. The minimum absolute atomic E-state index is 0.233. The maximum absolute atomic E-state index is 11.7. The molecule has 0 saturated carbocycles. The third-order valence-electron chi connectivity index (χ3n) is 2.17. The van der Waals surface area contributed by atoms with Gasteiger partial charge in [0.15, 0.2) is 11.4 Å². The number of rotatable bonds is 1. The van der Waals surface area contributed by atoms with Gasteiger partial charge in [0.05, 0.1) is 10.9 Å². The molecular weight excluding hydrogens is 278 g/mol. The molecule has 0 unspecified atom stereocenters. The van der Waals surface area contributed by atoms with E-state index < -0.39 is 22.8 Å². The molecule has 0 amide bonds. The summed E-state index contributed by atoms with van der Waals surface area (Å²) in [4.78, 5) is 24.9. The normalized spacial score (nSPS) is 10.6. The van der Waals surface area contributed by atoms with E-state index in [1.807, 2.05) is 0 Å².